The van der Waals surface area contributed by atoms with Crippen molar-refractivity contribution >= 4 is 17.3 Å². The number of anilines is 1. The molecule has 3 heterocycles. The first-order chi connectivity index (χ1) is 17.8. The minimum absolute atomic E-state index is 0.157. The number of carbonyl (C=O) groups excluding carboxylic acids is 1. The topological polar surface area (TPSA) is 138 Å². The van der Waals surface area contributed by atoms with Crippen molar-refractivity contribution in [2.24, 2.45) is 0 Å². The first-order valence-electron chi connectivity index (χ1n) is 12.0. The van der Waals surface area contributed by atoms with Gasteiger partial charge in [0, 0.05) is 42.0 Å². The highest BCUT2D eigenvalue weighted by Crippen LogP contribution is 2.27. The lowest BCUT2D eigenvalue weighted by Gasteiger charge is -2.13. The fourth-order valence-electron chi connectivity index (χ4n) is 4.52. The van der Waals surface area contributed by atoms with E-state index in [1.807, 2.05) is 25.1 Å². The van der Waals surface area contributed by atoms with Gasteiger partial charge < -0.3 is 9.88 Å². The van der Waals surface area contributed by atoms with Crippen LogP contribution in [0.3, 0.4) is 0 Å². The van der Waals surface area contributed by atoms with Gasteiger partial charge in [-0.05, 0) is 44.4 Å². The van der Waals surface area contributed by atoms with E-state index in [4.69, 9.17) is 0 Å². The van der Waals surface area contributed by atoms with E-state index in [-0.39, 0.29) is 17.1 Å². The molecule has 0 radical (unpaired) electrons. The maximum atomic E-state index is 13.2. The number of hydrogen-bond donors (Lipinski definition) is 1. The quantitative estimate of drug-likeness (QED) is 0.324. The van der Waals surface area contributed by atoms with E-state index in [9.17, 15) is 19.7 Å². The summed E-state index contributed by atoms with van der Waals surface area (Å²) in [6.45, 7) is 4.28. The molecule has 0 atom stereocenters. The zero-order valence-electron chi connectivity index (χ0n) is 20.5. The molecule has 0 aliphatic carbocycles. The summed E-state index contributed by atoms with van der Waals surface area (Å²) in [5, 5.41) is 27.3. The van der Waals surface area contributed by atoms with Crippen LogP contribution >= 0.6 is 0 Å². The number of fused-ring (bicyclic) bond motifs is 1. The fraction of sp³-hybridized carbons (Fsp3) is 0.269. The van der Waals surface area contributed by atoms with Gasteiger partial charge in [0.05, 0.1) is 4.92 Å². The van der Waals surface area contributed by atoms with Crippen LogP contribution in [0.15, 0.2) is 53.3 Å². The third-order valence-electron chi connectivity index (χ3n) is 6.48. The molecule has 0 saturated heterocycles. The number of nitro groups is 1. The maximum absolute atomic E-state index is 13.2. The van der Waals surface area contributed by atoms with Crippen LogP contribution in [0.1, 0.15) is 46.8 Å². The van der Waals surface area contributed by atoms with Gasteiger partial charge >= 0.3 is 0 Å². The number of carbonyl (C=O) groups is 1. The molecule has 2 aromatic heterocycles. The first-order valence-corrected chi connectivity index (χ1v) is 12.0. The molecule has 0 saturated carbocycles. The first kappa shape index (κ1) is 24.0. The van der Waals surface area contributed by atoms with Crippen LogP contribution in [0.5, 0.6) is 0 Å². The van der Waals surface area contributed by atoms with Gasteiger partial charge in [-0.2, -0.15) is 5.10 Å². The molecule has 1 aliphatic rings. The number of nitrogens with zero attached hydrogens (tertiary/aromatic N) is 6. The Hall–Kier alpha value is -4.67. The molecule has 2 aromatic carbocycles. The van der Waals surface area contributed by atoms with Crippen molar-refractivity contribution < 1.29 is 9.72 Å². The predicted octanol–water partition coefficient (Wildman–Crippen LogP) is 3.99. The second-order valence-electron chi connectivity index (χ2n) is 9.04. The average molecular weight is 500 g/mol. The Kier molecular flexibility index (Phi) is 6.34. The lowest BCUT2D eigenvalue weighted by atomic mass is 10.1. The molecule has 188 valence electrons. The SMILES string of the molecule is Cc1ccc(-c2nnc3n2CCCCC3)cc1NC(=O)c1nn(-c2ccccc2[N+](=O)[O-])c(C)cc1=O. The molecule has 1 aliphatic heterocycles. The summed E-state index contributed by atoms with van der Waals surface area (Å²) in [6.07, 6.45) is 4.16. The Morgan fingerprint density at radius 3 is 2.68 bits per heavy atom. The van der Waals surface area contributed by atoms with Gasteiger partial charge in [0.1, 0.15) is 11.5 Å². The second kappa shape index (κ2) is 9.76. The smallest absolute Gasteiger partial charge is 0.294 e. The van der Waals surface area contributed by atoms with Crippen molar-refractivity contribution in [1.29, 1.82) is 0 Å². The summed E-state index contributed by atoms with van der Waals surface area (Å²) in [4.78, 5) is 36.9. The molecule has 0 fully saturated rings. The van der Waals surface area contributed by atoms with Crippen LogP contribution in [0.4, 0.5) is 11.4 Å². The van der Waals surface area contributed by atoms with Crippen molar-refractivity contribution in [2.45, 2.75) is 46.1 Å². The average Bonchev–Trinajstić information content (AvgIpc) is 3.13. The Labute approximate surface area is 211 Å². The van der Waals surface area contributed by atoms with E-state index in [0.717, 1.165) is 55.0 Å². The highest BCUT2D eigenvalue weighted by Gasteiger charge is 2.22. The number of aryl methyl sites for hydroxylation is 3. The van der Waals surface area contributed by atoms with Gasteiger partial charge in [-0.3, -0.25) is 19.7 Å². The molecule has 37 heavy (non-hydrogen) atoms. The number of aromatic nitrogens is 5. The number of benzene rings is 2. The van der Waals surface area contributed by atoms with E-state index in [0.29, 0.717) is 11.4 Å². The normalized spacial score (nSPS) is 13.0. The molecule has 0 bridgehead atoms. The third-order valence-corrected chi connectivity index (χ3v) is 6.48. The summed E-state index contributed by atoms with van der Waals surface area (Å²) in [7, 11) is 0. The van der Waals surface area contributed by atoms with Crippen molar-refractivity contribution in [3.05, 3.63) is 91.6 Å². The van der Waals surface area contributed by atoms with E-state index in [1.54, 1.807) is 13.0 Å². The Balaban J connectivity index is 1.50. The molecular weight excluding hydrogens is 474 g/mol. The molecule has 1 amide bonds. The minimum atomic E-state index is -0.711. The van der Waals surface area contributed by atoms with Crippen molar-refractivity contribution in [3.63, 3.8) is 0 Å². The minimum Gasteiger partial charge on any atom is -0.320 e. The van der Waals surface area contributed by atoms with Gasteiger partial charge in [-0.1, -0.05) is 30.7 Å². The van der Waals surface area contributed by atoms with Crippen LogP contribution in [0.25, 0.3) is 17.1 Å². The summed E-state index contributed by atoms with van der Waals surface area (Å²) in [6, 6.07) is 12.9. The highest BCUT2D eigenvalue weighted by atomic mass is 16.6. The van der Waals surface area contributed by atoms with Gasteiger partial charge in [0.2, 0.25) is 5.43 Å². The fourth-order valence-corrected chi connectivity index (χ4v) is 4.52. The third kappa shape index (κ3) is 4.63. The van der Waals surface area contributed by atoms with Crippen LogP contribution in [0.2, 0.25) is 0 Å². The van der Waals surface area contributed by atoms with Crippen LogP contribution < -0.4 is 10.7 Å². The number of rotatable bonds is 5. The second-order valence-corrected chi connectivity index (χ2v) is 9.04. The van der Waals surface area contributed by atoms with E-state index >= 15 is 0 Å². The van der Waals surface area contributed by atoms with E-state index in [2.05, 4.69) is 25.2 Å². The van der Waals surface area contributed by atoms with Crippen molar-refractivity contribution in [1.82, 2.24) is 24.5 Å². The molecule has 0 unspecified atom stereocenters. The standard InChI is InChI=1S/C26H25N7O4/c1-16-11-12-18(25-29-28-23-10-4-3-7-13-31(23)25)15-19(16)27-26(35)24-22(34)14-17(2)32(30-24)20-8-5-6-9-21(20)33(36)37/h5-6,8-9,11-12,14-15H,3-4,7,10,13H2,1-2H3,(H,27,35). The largest absolute Gasteiger partial charge is 0.320 e. The van der Waals surface area contributed by atoms with E-state index in [1.165, 1.54) is 28.9 Å². The molecular formula is C26H25N7O4. The molecule has 5 rings (SSSR count). The van der Waals surface area contributed by atoms with Crippen molar-refractivity contribution in [3.8, 4) is 17.1 Å². The summed E-state index contributed by atoms with van der Waals surface area (Å²) in [5.74, 6) is 0.982. The summed E-state index contributed by atoms with van der Waals surface area (Å²) < 4.78 is 3.36. The van der Waals surface area contributed by atoms with Gasteiger partial charge in [-0.25, -0.2) is 4.68 Å². The van der Waals surface area contributed by atoms with Crippen LogP contribution in [-0.4, -0.2) is 35.4 Å². The van der Waals surface area contributed by atoms with Gasteiger partial charge in [0.25, 0.3) is 11.6 Å². The number of hydrogen-bond acceptors (Lipinski definition) is 7. The number of amides is 1. The number of nitro benzene ring substituents is 1. The number of nitrogens with one attached hydrogen (secondary N) is 1. The lowest BCUT2D eigenvalue weighted by molar-refractivity contribution is -0.384. The Bertz CT molecular complexity index is 1590. The monoisotopic (exact) mass is 499 g/mol. The van der Waals surface area contributed by atoms with E-state index < -0.39 is 16.3 Å². The van der Waals surface area contributed by atoms with Crippen LogP contribution in [0, 0.1) is 24.0 Å². The van der Waals surface area contributed by atoms with Crippen molar-refractivity contribution in [2.75, 3.05) is 5.32 Å². The highest BCUT2D eigenvalue weighted by molar-refractivity contribution is 6.03. The molecule has 1 N–H and O–H groups in total. The summed E-state index contributed by atoms with van der Waals surface area (Å²) >= 11 is 0. The Morgan fingerprint density at radius 1 is 1.05 bits per heavy atom. The van der Waals surface area contributed by atoms with Gasteiger partial charge in [0.15, 0.2) is 11.5 Å². The Morgan fingerprint density at radius 2 is 1.86 bits per heavy atom. The molecule has 4 aromatic rings. The van der Waals surface area contributed by atoms with Crippen LogP contribution in [-0.2, 0) is 13.0 Å². The zero-order valence-corrected chi connectivity index (χ0v) is 20.5. The molecule has 11 heteroatoms. The maximum Gasteiger partial charge on any atom is 0.294 e. The predicted molar refractivity (Wildman–Crippen MR) is 137 cm³/mol. The molecule has 0 spiro atoms. The van der Waals surface area contributed by atoms with Gasteiger partial charge in [-0.15, -0.1) is 10.2 Å². The summed E-state index contributed by atoms with van der Waals surface area (Å²) in [5.41, 5.74) is 1.48. The zero-order chi connectivity index (χ0) is 26.1. The number of para-hydroxylation sites is 2. The lowest BCUT2D eigenvalue weighted by Crippen LogP contribution is -2.27. The molecule has 11 nitrogen and oxygen atoms in total.